The highest BCUT2D eigenvalue weighted by Gasteiger charge is 2.40. The summed E-state index contributed by atoms with van der Waals surface area (Å²) in [6, 6.07) is -1.36. The number of hydrogen-bond donors (Lipinski definition) is 2. The van der Waals surface area contributed by atoms with Crippen LogP contribution in [0, 0.1) is 0 Å². The zero-order chi connectivity index (χ0) is 11.9. The Balaban J connectivity index is 2.66. The minimum atomic E-state index is -3.20. The molecule has 0 aromatic carbocycles. The fourth-order valence-corrected chi connectivity index (χ4v) is 3.27. The highest BCUT2D eigenvalue weighted by Crippen LogP contribution is 2.26. The van der Waals surface area contributed by atoms with Gasteiger partial charge in [0.2, 0.25) is 0 Å². The number of amides is 1. The molecule has 0 saturated carbocycles. The van der Waals surface area contributed by atoms with Gasteiger partial charge < -0.3 is 11.1 Å². The molecular weight excluding hydrogens is 287 g/mol. The second-order valence-electron chi connectivity index (χ2n) is 3.32. The number of nitrogens with one attached hydrogen (secondary N) is 1. The molecule has 0 aliphatic carbocycles. The number of carbonyl (C=O) groups excluding carboxylic acids is 1. The van der Waals surface area contributed by atoms with Crippen LogP contribution in [0.3, 0.4) is 0 Å². The van der Waals surface area contributed by atoms with Gasteiger partial charge in [0.1, 0.15) is 0 Å². The molecule has 0 spiro atoms. The number of alkyl halides is 3. The van der Waals surface area contributed by atoms with E-state index in [0.29, 0.717) is 0 Å². The second kappa shape index (κ2) is 4.25. The lowest BCUT2D eigenvalue weighted by Crippen LogP contribution is -2.50. The van der Waals surface area contributed by atoms with E-state index in [1.165, 1.54) is 0 Å². The van der Waals surface area contributed by atoms with Crippen LogP contribution in [0.2, 0.25) is 0 Å². The van der Waals surface area contributed by atoms with Crippen LogP contribution >= 0.6 is 34.8 Å². The molecule has 1 amide bonds. The normalized spacial score (nSPS) is 30.1. The Bertz CT molecular complexity index is 364. The maximum atomic E-state index is 11.2. The van der Waals surface area contributed by atoms with Gasteiger partial charge in [0, 0.05) is 6.04 Å². The number of rotatable bonds is 1. The Hall–Kier alpha value is 0.250. The summed E-state index contributed by atoms with van der Waals surface area (Å²) in [6.45, 7) is 0. The highest BCUT2D eigenvalue weighted by atomic mass is 35.6. The van der Waals surface area contributed by atoms with Crippen molar-refractivity contribution in [3.05, 3.63) is 0 Å². The molecule has 1 fully saturated rings. The van der Waals surface area contributed by atoms with E-state index in [2.05, 4.69) is 5.32 Å². The van der Waals surface area contributed by atoms with Gasteiger partial charge in [-0.25, -0.2) is 8.42 Å². The summed E-state index contributed by atoms with van der Waals surface area (Å²) in [5.41, 5.74) is 5.52. The van der Waals surface area contributed by atoms with Crippen LogP contribution in [0.1, 0.15) is 0 Å². The van der Waals surface area contributed by atoms with Gasteiger partial charge in [-0.05, 0) is 0 Å². The van der Waals surface area contributed by atoms with Crippen LogP contribution < -0.4 is 11.1 Å². The number of sulfone groups is 1. The van der Waals surface area contributed by atoms with Crippen molar-refractivity contribution in [3.8, 4) is 0 Å². The van der Waals surface area contributed by atoms with Crippen molar-refractivity contribution in [1.82, 2.24) is 5.32 Å². The SMILES string of the molecule is N[C@H]1CS(=O)(=O)C[C@@H]1NC(=O)C(Cl)(Cl)Cl. The first-order valence-electron chi connectivity index (χ1n) is 3.95. The topological polar surface area (TPSA) is 89.3 Å². The molecule has 1 aliphatic heterocycles. The molecule has 2 atom stereocenters. The van der Waals surface area contributed by atoms with Crippen molar-refractivity contribution in [1.29, 1.82) is 0 Å². The minimum absolute atomic E-state index is 0.169. The first-order chi connectivity index (χ1) is 6.62. The standard InChI is InChI=1S/C6H9Cl3N2O3S/c7-6(8,9)5(12)11-4-2-15(13,14)1-3(4)10/h3-4H,1-2,10H2,(H,11,12)/t3-,4-/m0/s1. The van der Waals surface area contributed by atoms with Gasteiger partial charge in [0.25, 0.3) is 9.70 Å². The molecule has 3 N–H and O–H groups in total. The quantitative estimate of drug-likeness (QED) is 0.644. The summed E-state index contributed by atoms with van der Waals surface area (Å²) in [5, 5.41) is 2.29. The first kappa shape index (κ1) is 13.3. The van der Waals surface area contributed by atoms with Crippen molar-refractivity contribution >= 4 is 50.5 Å². The van der Waals surface area contributed by atoms with E-state index in [1.54, 1.807) is 0 Å². The Morgan fingerprint density at radius 1 is 1.33 bits per heavy atom. The van der Waals surface area contributed by atoms with E-state index in [-0.39, 0.29) is 11.5 Å². The molecular formula is C6H9Cl3N2O3S. The maximum Gasteiger partial charge on any atom is 0.272 e. The Morgan fingerprint density at radius 2 is 1.87 bits per heavy atom. The first-order valence-corrected chi connectivity index (χ1v) is 6.91. The fourth-order valence-electron chi connectivity index (χ4n) is 1.27. The van der Waals surface area contributed by atoms with E-state index in [4.69, 9.17) is 40.5 Å². The third-order valence-electron chi connectivity index (χ3n) is 1.97. The molecule has 0 radical (unpaired) electrons. The molecule has 1 aliphatic rings. The molecule has 0 aromatic rings. The van der Waals surface area contributed by atoms with Crippen LogP contribution in [-0.2, 0) is 14.6 Å². The summed E-state index contributed by atoms with van der Waals surface area (Å²) in [5.74, 6) is -1.26. The van der Waals surface area contributed by atoms with Crippen molar-refractivity contribution in [2.45, 2.75) is 15.9 Å². The van der Waals surface area contributed by atoms with Crippen molar-refractivity contribution < 1.29 is 13.2 Å². The van der Waals surface area contributed by atoms with E-state index in [0.717, 1.165) is 0 Å². The zero-order valence-electron chi connectivity index (χ0n) is 7.41. The predicted molar refractivity (Wildman–Crippen MR) is 58.8 cm³/mol. The summed E-state index contributed by atoms with van der Waals surface area (Å²) in [4.78, 5) is 11.2. The molecule has 9 heteroatoms. The monoisotopic (exact) mass is 294 g/mol. The Morgan fingerprint density at radius 3 is 2.20 bits per heavy atom. The van der Waals surface area contributed by atoms with Crippen molar-refractivity contribution in [2.75, 3.05) is 11.5 Å². The number of hydrogen-bond acceptors (Lipinski definition) is 4. The Kier molecular flexibility index (Phi) is 3.78. The maximum absolute atomic E-state index is 11.2. The molecule has 5 nitrogen and oxygen atoms in total. The van der Waals surface area contributed by atoms with Crippen LogP contribution in [0.5, 0.6) is 0 Å². The van der Waals surface area contributed by atoms with Gasteiger partial charge in [0.05, 0.1) is 17.5 Å². The van der Waals surface area contributed by atoms with Gasteiger partial charge in [-0.3, -0.25) is 4.79 Å². The largest absolute Gasteiger partial charge is 0.347 e. The third kappa shape index (κ3) is 3.64. The summed E-state index contributed by atoms with van der Waals surface area (Å²) in [6.07, 6.45) is 0. The molecule has 0 aromatic heterocycles. The molecule has 1 rings (SSSR count). The number of halogens is 3. The van der Waals surface area contributed by atoms with Crippen LogP contribution in [0.4, 0.5) is 0 Å². The third-order valence-corrected chi connectivity index (χ3v) is 4.25. The predicted octanol–water partition coefficient (Wildman–Crippen LogP) is -0.403. The average Bonchev–Trinajstić information content (AvgIpc) is 2.22. The van der Waals surface area contributed by atoms with E-state index < -0.39 is 31.6 Å². The molecule has 0 bridgehead atoms. The van der Waals surface area contributed by atoms with Crippen molar-refractivity contribution in [2.24, 2.45) is 5.73 Å². The second-order valence-corrected chi connectivity index (χ2v) is 7.75. The van der Waals surface area contributed by atoms with Crippen molar-refractivity contribution in [3.63, 3.8) is 0 Å². The molecule has 88 valence electrons. The lowest BCUT2D eigenvalue weighted by molar-refractivity contribution is -0.120. The molecule has 0 unspecified atom stereocenters. The highest BCUT2D eigenvalue weighted by molar-refractivity contribution is 7.91. The number of nitrogens with two attached hydrogens (primary N) is 1. The summed E-state index contributed by atoms with van der Waals surface area (Å²) >= 11 is 15.9. The molecule has 15 heavy (non-hydrogen) atoms. The lowest BCUT2D eigenvalue weighted by atomic mass is 10.2. The van der Waals surface area contributed by atoms with Gasteiger partial charge in [-0.15, -0.1) is 0 Å². The zero-order valence-corrected chi connectivity index (χ0v) is 10.5. The van der Waals surface area contributed by atoms with Gasteiger partial charge in [0.15, 0.2) is 9.84 Å². The summed E-state index contributed by atoms with van der Waals surface area (Å²) in [7, 11) is -3.20. The lowest BCUT2D eigenvalue weighted by Gasteiger charge is -2.18. The van der Waals surface area contributed by atoms with E-state index in [9.17, 15) is 13.2 Å². The number of carbonyl (C=O) groups is 1. The van der Waals surface area contributed by atoms with Gasteiger partial charge in [-0.1, -0.05) is 34.8 Å². The van der Waals surface area contributed by atoms with E-state index >= 15 is 0 Å². The van der Waals surface area contributed by atoms with Gasteiger partial charge in [-0.2, -0.15) is 0 Å². The average molecular weight is 296 g/mol. The molecule has 1 saturated heterocycles. The van der Waals surface area contributed by atoms with Crippen LogP contribution in [0.15, 0.2) is 0 Å². The Labute approximate surface area is 102 Å². The van der Waals surface area contributed by atoms with E-state index in [1.807, 2.05) is 0 Å². The fraction of sp³-hybridized carbons (Fsp3) is 0.833. The van der Waals surface area contributed by atoms with Crippen LogP contribution in [-0.4, -0.2) is 41.7 Å². The summed E-state index contributed by atoms with van der Waals surface area (Å²) < 4.78 is 20.2. The smallest absolute Gasteiger partial charge is 0.272 e. The minimum Gasteiger partial charge on any atom is -0.347 e. The molecule has 1 heterocycles. The van der Waals surface area contributed by atoms with Gasteiger partial charge >= 0.3 is 0 Å². The van der Waals surface area contributed by atoms with Crippen LogP contribution in [0.25, 0.3) is 0 Å².